The third-order valence-corrected chi connectivity index (χ3v) is 0.755. The summed E-state index contributed by atoms with van der Waals surface area (Å²) in [6, 6.07) is 0. The van der Waals surface area contributed by atoms with Gasteiger partial charge in [-0.15, -0.1) is 11.8 Å². The maximum Gasteiger partial charge on any atom is 0.152 e. The zero-order valence-corrected chi connectivity index (χ0v) is 13.3. The van der Waals surface area contributed by atoms with Crippen LogP contribution >= 0.6 is 0 Å². The van der Waals surface area contributed by atoms with Crippen LogP contribution in [0.2, 0.25) is 0 Å². The summed E-state index contributed by atoms with van der Waals surface area (Å²) in [6.07, 6.45) is 4.23. The summed E-state index contributed by atoms with van der Waals surface area (Å²) in [6.45, 7) is 7.24. The molecule has 0 fully saturated rings. The minimum absolute atomic E-state index is 0. The summed E-state index contributed by atoms with van der Waals surface area (Å²) < 4.78 is 4.00. The Morgan fingerprint density at radius 2 is 1.93 bits per heavy atom. The van der Waals surface area contributed by atoms with Gasteiger partial charge in [0.15, 0.2) is 5.78 Å². The van der Waals surface area contributed by atoms with Crippen molar-refractivity contribution in [1.82, 2.24) is 0 Å². The molecule has 0 amide bonds. The third kappa shape index (κ3) is 80.2. The molecule has 85 valence electrons. The van der Waals surface area contributed by atoms with E-state index in [1.165, 1.54) is 20.1 Å². The summed E-state index contributed by atoms with van der Waals surface area (Å²) in [5.74, 6) is 5.74. The van der Waals surface area contributed by atoms with Crippen molar-refractivity contribution in [2.24, 2.45) is 0 Å². The monoisotopic (exact) mass is 286 g/mol. The van der Waals surface area contributed by atoms with E-state index in [1.54, 1.807) is 6.08 Å². The quantitative estimate of drug-likeness (QED) is 0.421. The van der Waals surface area contributed by atoms with Crippen LogP contribution in [0.25, 0.3) is 0 Å². The number of hydrogen-bond acceptors (Lipinski definition) is 2. The number of ether oxygens (including phenoxy) is 1. The van der Waals surface area contributed by atoms with E-state index in [2.05, 4.69) is 23.7 Å². The maximum atomic E-state index is 9.96. The molecule has 0 aliphatic rings. The standard InChI is InChI=1S/C5H8O.C5H8.C2H5O.Y/c1-3-4-5(2)6;1-3-5-4-2;1-3-2;/h3-4H,1-2H3;3H2,1-2H3;1H2,2H3;/q;;-1;/b4-3+;;;. The van der Waals surface area contributed by atoms with Gasteiger partial charge in [-0.2, -0.15) is 0 Å². The van der Waals surface area contributed by atoms with Gasteiger partial charge in [-0.05, 0) is 34.0 Å². The van der Waals surface area contributed by atoms with Crippen molar-refractivity contribution in [3.05, 3.63) is 19.3 Å². The van der Waals surface area contributed by atoms with E-state index in [-0.39, 0.29) is 38.5 Å². The van der Waals surface area contributed by atoms with Crippen LogP contribution in [0.15, 0.2) is 12.2 Å². The van der Waals surface area contributed by atoms with Gasteiger partial charge in [-0.3, -0.25) is 4.79 Å². The van der Waals surface area contributed by atoms with E-state index in [0.29, 0.717) is 0 Å². The maximum absolute atomic E-state index is 9.96. The molecule has 0 N–H and O–H groups in total. The Bertz CT molecular complexity index is 188. The first kappa shape index (κ1) is 24.3. The molecule has 2 nitrogen and oxygen atoms in total. The van der Waals surface area contributed by atoms with Gasteiger partial charge in [0.2, 0.25) is 0 Å². The fraction of sp³-hybridized carbons (Fsp3) is 0.500. The number of carbonyl (C=O) groups is 1. The van der Waals surface area contributed by atoms with Crippen LogP contribution < -0.4 is 0 Å². The second-order valence-corrected chi connectivity index (χ2v) is 2.18. The Kier molecular flexibility index (Phi) is 47.4. The van der Waals surface area contributed by atoms with Crippen molar-refractivity contribution in [2.45, 2.75) is 34.1 Å². The second kappa shape index (κ2) is 29.2. The Balaban J connectivity index is -0.0000000617. The van der Waals surface area contributed by atoms with Crippen molar-refractivity contribution < 1.29 is 42.2 Å². The van der Waals surface area contributed by atoms with Crippen LogP contribution in [-0.4, -0.2) is 12.9 Å². The van der Waals surface area contributed by atoms with E-state index in [4.69, 9.17) is 0 Å². The van der Waals surface area contributed by atoms with Crippen LogP contribution in [-0.2, 0) is 42.2 Å². The molecule has 0 heterocycles. The summed E-state index contributed by atoms with van der Waals surface area (Å²) in [5, 5.41) is 0. The molecule has 0 aliphatic heterocycles. The summed E-state index contributed by atoms with van der Waals surface area (Å²) in [7, 11) is 4.50. The number of carbonyl (C=O) groups excluding carboxylic acids is 1. The fourth-order valence-corrected chi connectivity index (χ4v) is 0.411. The molecule has 0 spiro atoms. The number of ketones is 1. The topological polar surface area (TPSA) is 26.3 Å². The first-order chi connectivity index (χ1) is 6.60. The zero-order valence-electron chi connectivity index (χ0n) is 10.5. The minimum atomic E-state index is 0. The summed E-state index contributed by atoms with van der Waals surface area (Å²) in [4.78, 5) is 9.96. The number of methoxy groups -OCH3 is 1. The summed E-state index contributed by atoms with van der Waals surface area (Å²) in [5.41, 5.74) is 0. The molecular formula is C12H21O2Y-. The van der Waals surface area contributed by atoms with Gasteiger partial charge >= 0.3 is 0 Å². The van der Waals surface area contributed by atoms with Crippen LogP contribution in [0, 0.1) is 19.0 Å². The molecule has 0 bridgehead atoms. The Morgan fingerprint density at radius 3 is 1.93 bits per heavy atom. The largest absolute Gasteiger partial charge is 0.557 e. The van der Waals surface area contributed by atoms with E-state index >= 15 is 0 Å². The van der Waals surface area contributed by atoms with Crippen LogP contribution in [0.3, 0.4) is 0 Å². The minimum Gasteiger partial charge on any atom is -0.557 e. The van der Waals surface area contributed by atoms with Gasteiger partial charge in [0.05, 0.1) is 0 Å². The molecule has 15 heavy (non-hydrogen) atoms. The molecule has 0 aliphatic carbocycles. The van der Waals surface area contributed by atoms with Gasteiger partial charge in [-0.1, -0.05) is 13.0 Å². The van der Waals surface area contributed by atoms with Gasteiger partial charge in [0.25, 0.3) is 0 Å². The Hall–Kier alpha value is 0.0339. The van der Waals surface area contributed by atoms with Gasteiger partial charge in [0, 0.05) is 39.1 Å². The van der Waals surface area contributed by atoms with Gasteiger partial charge in [0.1, 0.15) is 0 Å². The second-order valence-electron chi connectivity index (χ2n) is 2.18. The third-order valence-electron chi connectivity index (χ3n) is 0.755. The zero-order chi connectivity index (χ0) is 11.8. The molecule has 0 aromatic rings. The number of hydrogen-bond donors (Lipinski definition) is 0. The van der Waals surface area contributed by atoms with Crippen LogP contribution in [0.4, 0.5) is 0 Å². The number of allylic oxidation sites excluding steroid dienone is 2. The SMILES string of the molecule is C/C=C/C(C)=O.CC#CCC.[CH2-]OC.[Y]. The van der Waals surface area contributed by atoms with E-state index in [1.807, 2.05) is 20.8 Å². The van der Waals surface area contributed by atoms with Crippen molar-refractivity contribution >= 4 is 5.78 Å². The molecule has 0 unspecified atom stereocenters. The van der Waals surface area contributed by atoms with Crippen LogP contribution in [0.1, 0.15) is 34.1 Å². The average molecular weight is 286 g/mol. The molecule has 0 atom stereocenters. The first-order valence-electron chi connectivity index (χ1n) is 4.41. The Morgan fingerprint density at radius 1 is 1.53 bits per heavy atom. The van der Waals surface area contributed by atoms with Gasteiger partial charge < -0.3 is 4.74 Å². The van der Waals surface area contributed by atoms with E-state index in [0.717, 1.165) is 6.42 Å². The average Bonchev–Trinajstić information content (AvgIpc) is 2.07. The van der Waals surface area contributed by atoms with Crippen molar-refractivity contribution in [3.63, 3.8) is 0 Å². The Labute approximate surface area is 120 Å². The predicted molar refractivity (Wildman–Crippen MR) is 61.6 cm³/mol. The molecule has 0 rings (SSSR count). The molecule has 1 radical (unpaired) electrons. The molecule has 3 heteroatoms. The van der Waals surface area contributed by atoms with E-state index in [9.17, 15) is 4.79 Å². The molecule has 0 saturated heterocycles. The van der Waals surface area contributed by atoms with Crippen molar-refractivity contribution in [2.75, 3.05) is 7.11 Å². The molecule has 0 saturated carbocycles. The first-order valence-corrected chi connectivity index (χ1v) is 4.41. The molecule has 0 aromatic carbocycles. The van der Waals surface area contributed by atoms with Crippen molar-refractivity contribution in [3.8, 4) is 11.8 Å². The van der Waals surface area contributed by atoms with Gasteiger partial charge in [-0.25, -0.2) is 7.11 Å². The molecule has 0 aromatic heterocycles. The summed E-state index contributed by atoms with van der Waals surface area (Å²) >= 11 is 0. The van der Waals surface area contributed by atoms with E-state index < -0.39 is 0 Å². The fourth-order valence-electron chi connectivity index (χ4n) is 0.411. The number of rotatable bonds is 1. The predicted octanol–water partition coefficient (Wildman–Crippen LogP) is 2.99. The smallest absolute Gasteiger partial charge is 0.152 e. The van der Waals surface area contributed by atoms with Crippen LogP contribution in [0.5, 0.6) is 0 Å². The normalized spacial score (nSPS) is 6.80. The molecular weight excluding hydrogens is 265 g/mol. The van der Waals surface area contributed by atoms with Crippen molar-refractivity contribution in [1.29, 1.82) is 0 Å².